The summed E-state index contributed by atoms with van der Waals surface area (Å²) in [7, 11) is 0. The van der Waals surface area contributed by atoms with Crippen LogP contribution in [0.5, 0.6) is 11.5 Å². The summed E-state index contributed by atoms with van der Waals surface area (Å²) in [5.74, 6) is 1.62. The maximum Gasteiger partial charge on any atom is 0.124 e. The van der Waals surface area contributed by atoms with Gasteiger partial charge in [0.2, 0.25) is 0 Å². The van der Waals surface area contributed by atoms with Gasteiger partial charge in [0.05, 0.1) is 25.9 Å². The normalized spacial score (nSPS) is 15.4. The molecule has 0 radical (unpaired) electrons. The average Bonchev–Trinajstić information content (AvgIpc) is 2.74. The van der Waals surface area contributed by atoms with E-state index in [1.807, 2.05) is 19.1 Å². The average molecular weight is 223 g/mol. The number of hydrogen-bond donors (Lipinski definition) is 2. The van der Waals surface area contributed by atoms with Crippen LogP contribution in [0.3, 0.4) is 0 Å². The van der Waals surface area contributed by atoms with Crippen LogP contribution in [0.2, 0.25) is 0 Å². The number of rotatable bonds is 4. The van der Waals surface area contributed by atoms with E-state index in [1.165, 1.54) is 0 Å². The molecule has 2 rings (SSSR count). The molecule has 16 heavy (non-hydrogen) atoms. The zero-order valence-electron chi connectivity index (χ0n) is 9.40. The van der Waals surface area contributed by atoms with Crippen molar-refractivity contribution in [1.29, 1.82) is 0 Å². The van der Waals surface area contributed by atoms with Gasteiger partial charge in [-0.1, -0.05) is 0 Å². The Bertz CT molecular complexity index is 379. The van der Waals surface area contributed by atoms with Crippen molar-refractivity contribution in [2.75, 3.05) is 19.8 Å². The molecule has 4 heteroatoms. The standard InChI is InChI=1S/C12H17NO3/c1-2-15-12-5-8-3-4-16-11(8)6-9(12)10(13)7-14/h5-6,10,14H,2-4,7,13H2,1H3. The minimum absolute atomic E-state index is 0.0984. The topological polar surface area (TPSA) is 64.7 Å². The largest absolute Gasteiger partial charge is 0.494 e. The van der Waals surface area contributed by atoms with E-state index in [2.05, 4.69) is 0 Å². The van der Waals surface area contributed by atoms with Crippen LogP contribution in [-0.4, -0.2) is 24.9 Å². The summed E-state index contributed by atoms with van der Waals surface area (Å²) in [5.41, 5.74) is 7.79. The first-order chi connectivity index (χ1) is 7.76. The number of nitrogens with two attached hydrogens (primary N) is 1. The molecule has 0 bridgehead atoms. The lowest BCUT2D eigenvalue weighted by molar-refractivity contribution is 0.261. The van der Waals surface area contributed by atoms with Gasteiger partial charge in [0, 0.05) is 17.5 Å². The maximum absolute atomic E-state index is 9.11. The van der Waals surface area contributed by atoms with Crippen LogP contribution >= 0.6 is 0 Å². The third-order valence-corrected chi connectivity index (χ3v) is 2.72. The molecule has 1 heterocycles. The van der Waals surface area contributed by atoms with Crippen LogP contribution in [0.25, 0.3) is 0 Å². The van der Waals surface area contributed by atoms with Gasteiger partial charge >= 0.3 is 0 Å². The van der Waals surface area contributed by atoms with Gasteiger partial charge in [0.1, 0.15) is 11.5 Å². The minimum Gasteiger partial charge on any atom is -0.494 e. The lowest BCUT2D eigenvalue weighted by atomic mass is 10.0. The molecule has 1 aromatic rings. The molecule has 88 valence electrons. The molecule has 4 nitrogen and oxygen atoms in total. The van der Waals surface area contributed by atoms with Gasteiger partial charge in [-0.25, -0.2) is 0 Å². The fourth-order valence-corrected chi connectivity index (χ4v) is 1.89. The summed E-state index contributed by atoms with van der Waals surface area (Å²) >= 11 is 0. The fourth-order valence-electron chi connectivity index (χ4n) is 1.89. The summed E-state index contributed by atoms with van der Waals surface area (Å²) in [5, 5.41) is 9.11. The van der Waals surface area contributed by atoms with Crippen molar-refractivity contribution >= 4 is 0 Å². The third-order valence-electron chi connectivity index (χ3n) is 2.72. The molecule has 1 aromatic carbocycles. The second-order valence-electron chi connectivity index (χ2n) is 3.82. The summed E-state index contributed by atoms with van der Waals surface area (Å²) in [4.78, 5) is 0. The smallest absolute Gasteiger partial charge is 0.124 e. The Morgan fingerprint density at radius 1 is 1.56 bits per heavy atom. The van der Waals surface area contributed by atoms with Gasteiger partial charge in [-0.05, 0) is 19.1 Å². The van der Waals surface area contributed by atoms with Crippen molar-refractivity contribution in [2.45, 2.75) is 19.4 Å². The first kappa shape index (κ1) is 11.2. The molecule has 0 amide bonds. The van der Waals surface area contributed by atoms with Gasteiger partial charge in [0.15, 0.2) is 0 Å². The number of benzene rings is 1. The third kappa shape index (κ3) is 1.99. The van der Waals surface area contributed by atoms with Crippen LogP contribution in [0.4, 0.5) is 0 Å². The Morgan fingerprint density at radius 3 is 3.06 bits per heavy atom. The van der Waals surface area contributed by atoms with Crippen LogP contribution in [0.1, 0.15) is 24.1 Å². The molecule has 1 unspecified atom stereocenters. The fraction of sp³-hybridized carbons (Fsp3) is 0.500. The number of aliphatic hydroxyl groups is 1. The van der Waals surface area contributed by atoms with Gasteiger partial charge in [-0.15, -0.1) is 0 Å². The zero-order chi connectivity index (χ0) is 11.5. The van der Waals surface area contributed by atoms with E-state index in [0.29, 0.717) is 13.2 Å². The quantitative estimate of drug-likeness (QED) is 0.799. The van der Waals surface area contributed by atoms with E-state index < -0.39 is 6.04 Å². The monoisotopic (exact) mass is 223 g/mol. The summed E-state index contributed by atoms with van der Waals surface area (Å²) in [6.07, 6.45) is 0.907. The van der Waals surface area contributed by atoms with Gasteiger partial charge in [-0.3, -0.25) is 0 Å². The van der Waals surface area contributed by atoms with Crippen LogP contribution in [-0.2, 0) is 6.42 Å². The van der Waals surface area contributed by atoms with Crippen molar-refractivity contribution in [2.24, 2.45) is 5.73 Å². The van der Waals surface area contributed by atoms with E-state index in [0.717, 1.165) is 29.0 Å². The van der Waals surface area contributed by atoms with E-state index in [-0.39, 0.29) is 6.61 Å². The van der Waals surface area contributed by atoms with Crippen molar-refractivity contribution in [3.05, 3.63) is 23.3 Å². The lowest BCUT2D eigenvalue weighted by Gasteiger charge is -2.16. The molecule has 0 spiro atoms. The van der Waals surface area contributed by atoms with E-state index in [9.17, 15) is 0 Å². The lowest BCUT2D eigenvalue weighted by Crippen LogP contribution is -2.16. The van der Waals surface area contributed by atoms with E-state index >= 15 is 0 Å². The van der Waals surface area contributed by atoms with Crippen LogP contribution in [0.15, 0.2) is 12.1 Å². The highest BCUT2D eigenvalue weighted by Gasteiger charge is 2.19. The maximum atomic E-state index is 9.11. The summed E-state index contributed by atoms with van der Waals surface area (Å²) in [6.45, 7) is 3.13. The summed E-state index contributed by atoms with van der Waals surface area (Å²) < 4.78 is 11.0. The van der Waals surface area contributed by atoms with Crippen LogP contribution < -0.4 is 15.2 Å². The zero-order valence-corrected chi connectivity index (χ0v) is 9.40. The minimum atomic E-state index is -0.420. The van der Waals surface area contributed by atoms with Crippen molar-refractivity contribution in [1.82, 2.24) is 0 Å². The Kier molecular flexibility index (Phi) is 3.31. The highest BCUT2D eigenvalue weighted by Crippen LogP contribution is 2.35. The predicted octanol–water partition coefficient (Wildman–Crippen LogP) is 1.01. The SMILES string of the molecule is CCOc1cc2c(cc1C(N)CO)OCC2. The molecular formula is C12H17NO3. The highest BCUT2D eigenvalue weighted by atomic mass is 16.5. The van der Waals surface area contributed by atoms with Gasteiger partial charge in [0.25, 0.3) is 0 Å². The Hall–Kier alpha value is -1.26. The second kappa shape index (κ2) is 4.72. The first-order valence-corrected chi connectivity index (χ1v) is 5.55. The van der Waals surface area contributed by atoms with Gasteiger partial charge in [-0.2, -0.15) is 0 Å². The molecule has 0 aromatic heterocycles. The number of aliphatic hydroxyl groups excluding tert-OH is 1. The molecule has 3 N–H and O–H groups in total. The first-order valence-electron chi connectivity index (χ1n) is 5.55. The molecule has 1 aliphatic heterocycles. The molecule has 0 fully saturated rings. The van der Waals surface area contributed by atoms with Crippen LogP contribution in [0, 0.1) is 0 Å². The molecule has 0 saturated carbocycles. The highest BCUT2D eigenvalue weighted by molar-refractivity contribution is 5.49. The summed E-state index contributed by atoms with van der Waals surface area (Å²) in [6, 6.07) is 3.43. The molecule has 0 aliphatic carbocycles. The van der Waals surface area contributed by atoms with E-state index in [1.54, 1.807) is 0 Å². The van der Waals surface area contributed by atoms with Crippen molar-refractivity contribution in [3.8, 4) is 11.5 Å². The number of fused-ring (bicyclic) bond motifs is 1. The van der Waals surface area contributed by atoms with Gasteiger partial charge < -0.3 is 20.3 Å². The molecular weight excluding hydrogens is 206 g/mol. The molecule has 1 atom stereocenters. The number of hydrogen-bond acceptors (Lipinski definition) is 4. The Balaban J connectivity index is 2.40. The predicted molar refractivity (Wildman–Crippen MR) is 60.8 cm³/mol. The van der Waals surface area contributed by atoms with Crippen molar-refractivity contribution < 1.29 is 14.6 Å². The Morgan fingerprint density at radius 2 is 2.38 bits per heavy atom. The van der Waals surface area contributed by atoms with E-state index in [4.69, 9.17) is 20.3 Å². The number of ether oxygens (including phenoxy) is 2. The Labute approximate surface area is 95.0 Å². The molecule has 1 aliphatic rings. The second-order valence-corrected chi connectivity index (χ2v) is 3.82. The molecule has 0 saturated heterocycles. The van der Waals surface area contributed by atoms with Crippen molar-refractivity contribution in [3.63, 3.8) is 0 Å².